The number of benzene rings is 2. The lowest BCUT2D eigenvalue weighted by molar-refractivity contribution is -0.117. The maximum absolute atomic E-state index is 12.1. The predicted molar refractivity (Wildman–Crippen MR) is 128 cm³/mol. The van der Waals surface area contributed by atoms with Crippen LogP contribution in [-0.4, -0.2) is 48.7 Å². The van der Waals surface area contributed by atoms with E-state index >= 15 is 0 Å². The SMILES string of the molecule is O=C1CCCN1c1ccc(-c2cccc(-c3ccnc(N4CCNCC4)c3)c2O)cc1Cl. The number of carbonyl (C=O) groups is 1. The van der Waals surface area contributed by atoms with Crippen LogP contribution in [0.2, 0.25) is 5.02 Å². The number of hydrogen-bond donors (Lipinski definition) is 2. The molecule has 2 fully saturated rings. The van der Waals surface area contributed by atoms with E-state index in [0.717, 1.165) is 60.8 Å². The Morgan fingerprint density at radius 3 is 2.41 bits per heavy atom. The molecule has 1 aromatic heterocycles. The molecular formula is C25H25ClN4O2. The number of piperazine rings is 1. The minimum Gasteiger partial charge on any atom is -0.507 e. The number of amides is 1. The standard InChI is InChI=1S/C25H25ClN4O2/c26-21-15-17(6-7-22(21)30-12-2-5-24(30)31)19-3-1-4-20(25(19)32)18-8-9-28-23(16-18)29-13-10-27-11-14-29/h1,3-4,6-9,15-16,27,32H,2,5,10-14H2. The summed E-state index contributed by atoms with van der Waals surface area (Å²) in [5.74, 6) is 1.21. The van der Waals surface area contributed by atoms with Gasteiger partial charge in [0.2, 0.25) is 5.91 Å². The van der Waals surface area contributed by atoms with Gasteiger partial charge in [-0.15, -0.1) is 0 Å². The highest BCUT2D eigenvalue weighted by Crippen LogP contribution is 2.41. The molecular weight excluding hydrogens is 424 g/mol. The van der Waals surface area contributed by atoms with Crippen molar-refractivity contribution in [3.8, 4) is 28.0 Å². The van der Waals surface area contributed by atoms with Crippen molar-refractivity contribution in [3.63, 3.8) is 0 Å². The average Bonchev–Trinajstić information content (AvgIpc) is 3.25. The molecule has 3 aromatic rings. The van der Waals surface area contributed by atoms with E-state index < -0.39 is 0 Å². The van der Waals surface area contributed by atoms with Gasteiger partial charge in [-0.2, -0.15) is 0 Å². The Labute approximate surface area is 192 Å². The molecule has 0 spiro atoms. The number of rotatable bonds is 4. The number of phenolic OH excluding ortho intramolecular Hbond substituents is 1. The molecule has 6 nitrogen and oxygen atoms in total. The fourth-order valence-corrected chi connectivity index (χ4v) is 4.74. The Hall–Kier alpha value is -3.09. The van der Waals surface area contributed by atoms with Gasteiger partial charge < -0.3 is 20.2 Å². The van der Waals surface area contributed by atoms with Gasteiger partial charge in [-0.3, -0.25) is 4.79 Å². The first-order chi connectivity index (χ1) is 15.6. The summed E-state index contributed by atoms with van der Waals surface area (Å²) in [5.41, 5.74) is 3.89. The van der Waals surface area contributed by atoms with E-state index in [1.807, 2.05) is 48.5 Å². The first-order valence-corrected chi connectivity index (χ1v) is 11.3. The number of nitrogens with zero attached hydrogens (tertiary/aromatic N) is 3. The zero-order chi connectivity index (χ0) is 22.1. The van der Waals surface area contributed by atoms with Crippen LogP contribution < -0.4 is 15.1 Å². The van der Waals surface area contributed by atoms with Crippen molar-refractivity contribution in [1.82, 2.24) is 10.3 Å². The van der Waals surface area contributed by atoms with E-state index in [1.165, 1.54) is 0 Å². The lowest BCUT2D eigenvalue weighted by Crippen LogP contribution is -2.43. The molecule has 1 amide bonds. The molecule has 7 heteroatoms. The summed E-state index contributed by atoms with van der Waals surface area (Å²) in [6.45, 7) is 4.38. The lowest BCUT2D eigenvalue weighted by atomic mass is 9.97. The van der Waals surface area contributed by atoms with Gasteiger partial charge in [0.1, 0.15) is 11.6 Å². The molecule has 2 saturated heterocycles. The van der Waals surface area contributed by atoms with Gasteiger partial charge in [-0.1, -0.05) is 35.9 Å². The van der Waals surface area contributed by atoms with E-state index in [9.17, 15) is 9.90 Å². The third kappa shape index (κ3) is 3.92. The summed E-state index contributed by atoms with van der Waals surface area (Å²) in [6, 6.07) is 15.3. The van der Waals surface area contributed by atoms with Crippen LogP contribution in [0.1, 0.15) is 12.8 Å². The second-order valence-electron chi connectivity index (χ2n) is 8.16. The maximum atomic E-state index is 12.1. The van der Waals surface area contributed by atoms with Crippen molar-refractivity contribution in [1.29, 1.82) is 0 Å². The van der Waals surface area contributed by atoms with E-state index in [1.54, 1.807) is 11.1 Å². The molecule has 0 unspecified atom stereocenters. The van der Waals surface area contributed by atoms with Crippen LogP contribution in [0, 0.1) is 0 Å². The molecule has 3 heterocycles. The molecule has 0 saturated carbocycles. The number of aromatic nitrogens is 1. The van der Waals surface area contributed by atoms with Gasteiger partial charge in [0.15, 0.2) is 0 Å². The van der Waals surface area contributed by atoms with Gasteiger partial charge in [-0.05, 0) is 41.8 Å². The quantitative estimate of drug-likeness (QED) is 0.622. The molecule has 5 rings (SSSR count). The number of aromatic hydroxyl groups is 1. The van der Waals surface area contributed by atoms with Crippen molar-refractivity contribution >= 4 is 29.0 Å². The molecule has 164 valence electrons. The summed E-state index contributed by atoms with van der Waals surface area (Å²) >= 11 is 6.55. The van der Waals surface area contributed by atoms with Gasteiger partial charge in [0.05, 0.1) is 10.7 Å². The normalized spacial score (nSPS) is 16.6. The van der Waals surface area contributed by atoms with Crippen LogP contribution in [0.4, 0.5) is 11.5 Å². The second-order valence-corrected chi connectivity index (χ2v) is 8.56. The fraction of sp³-hybridized carbons (Fsp3) is 0.280. The molecule has 2 aliphatic heterocycles. The van der Waals surface area contributed by atoms with Crippen LogP contribution in [-0.2, 0) is 4.79 Å². The molecule has 2 aromatic carbocycles. The van der Waals surface area contributed by atoms with Crippen molar-refractivity contribution in [2.24, 2.45) is 0 Å². The Balaban J connectivity index is 1.48. The van der Waals surface area contributed by atoms with Gasteiger partial charge in [0.25, 0.3) is 0 Å². The minimum absolute atomic E-state index is 0.0995. The van der Waals surface area contributed by atoms with Crippen LogP contribution in [0.5, 0.6) is 5.75 Å². The molecule has 0 bridgehead atoms. The third-order valence-corrected chi connectivity index (χ3v) is 6.46. The molecule has 32 heavy (non-hydrogen) atoms. The molecule has 0 atom stereocenters. The summed E-state index contributed by atoms with van der Waals surface area (Å²) in [4.78, 5) is 20.6. The number of para-hydroxylation sites is 1. The number of pyridine rings is 1. The number of halogens is 1. The summed E-state index contributed by atoms with van der Waals surface area (Å²) in [5, 5.41) is 15.0. The zero-order valence-corrected chi connectivity index (χ0v) is 18.5. The van der Waals surface area contributed by atoms with Crippen molar-refractivity contribution in [3.05, 3.63) is 59.8 Å². The number of hydrogen-bond acceptors (Lipinski definition) is 5. The van der Waals surface area contributed by atoms with Crippen LogP contribution in [0.25, 0.3) is 22.3 Å². The largest absolute Gasteiger partial charge is 0.507 e. The predicted octanol–water partition coefficient (Wildman–Crippen LogP) is 4.31. The highest BCUT2D eigenvalue weighted by Gasteiger charge is 2.24. The molecule has 0 aliphatic carbocycles. The van der Waals surface area contributed by atoms with Gasteiger partial charge in [-0.25, -0.2) is 4.98 Å². The summed E-state index contributed by atoms with van der Waals surface area (Å²) < 4.78 is 0. The molecule has 2 aliphatic rings. The Morgan fingerprint density at radius 1 is 0.969 bits per heavy atom. The Bertz CT molecular complexity index is 1160. The summed E-state index contributed by atoms with van der Waals surface area (Å²) in [6.07, 6.45) is 3.20. The fourth-order valence-electron chi connectivity index (χ4n) is 4.46. The highest BCUT2D eigenvalue weighted by molar-refractivity contribution is 6.34. The van der Waals surface area contributed by atoms with E-state index in [-0.39, 0.29) is 11.7 Å². The number of phenols is 1. The van der Waals surface area contributed by atoms with Crippen LogP contribution in [0.15, 0.2) is 54.7 Å². The minimum atomic E-state index is 0.0995. The molecule has 2 N–H and O–H groups in total. The lowest BCUT2D eigenvalue weighted by Gasteiger charge is -2.28. The van der Waals surface area contributed by atoms with Crippen LogP contribution in [0.3, 0.4) is 0 Å². The third-order valence-electron chi connectivity index (χ3n) is 6.16. The maximum Gasteiger partial charge on any atom is 0.227 e. The molecule has 0 radical (unpaired) electrons. The number of anilines is 2. The monoisotopic (exact) mass is 448 g/mol. The van der Waals surface area contributed by atoms with Gasteiger partial charge in [0, 0.05) is 56.5 Å². The average molecular weight is 449 g/mol. The Kier molecular flexibility index (Phi) is 5.72. The van der Waals surface area contributed by atoms with E-state index in [0.29, 0.717) is 23.6 Å². The second kappa shape index (κ2) is 8.81. The van der Waals surface area contributed by atoms with Gasteiger partial charge >= 0.3 is 0 Å². The zero-order valence-electron chi connectivity index (χ0n) is 17.7. The highest BCUT2D eigenvalue weighted by atomic mass is 35.5. The first-order valence-electron chi connectivity index (χ1n) is 11.0. The van der Waals surface area contributed by atoms with E-state index in [2.05, 4.69) is 15.2 Å². The summed E-state index contributed by atoms with van der Waals surface area (Å²) in [7, 11) is 0. The van der Waals surface area contributed by atoms with Crippen molar-refractivity contribution < 1.29 is 9.90 Å². The number of carbonyl (C=O) groups excluding carboxylic acids is 1. The Morgan fingerprint density at radius 2 is 1.72 bits per heavy atom. The number of nitrogens with one attached hydrogen (secondary N) is 1. The smallest absolute Gasteiger partial charge is 0.227 e. The van der Waals surface area contributed by atoms with Crippen molar-refractivity contribution in [2.75, 3.05) is 42.5 Å². The first kappa shape index (κ1) is 20.8. The van der Waals surface area contributed by atoms with E-state index in [4.69, 9.17) is 11.6 Å². The van der Waals surface area contributed by atoms with Crippen LogP contribution >= 0.6 is 11.6 Å². The topological polar surface area (TPSA) is 68.7 Å². The van der Waals surface area contributed by atoms with Crippen molar-refractivity contribution in [2.45, 2.75) is 12.8 Å².